The van der Waals surface area contributed by atoms with Crippen molar-refractivity contribution in [2.45, 2.75) is 6.54 Å². The van der Waals surface area contributed by atoms with Crippen LogP contribution in [0.5, 0.6) is 0 Å². The molecule has 3 rings (SSSR count). The molecule has 0 fully saturated rings. The van der Waals surface area contributed by atoms with Gasteiger partial charge in [-0.25, -0.2) is 15.0 Å². The Balaban J connectivity index is 1.83. The van der Waals surface area contributed by atoms with Crippen LogP contribution in [0.25, 0.3) is 11.2 Å². The number of hydrogen-bond acceptors (Lipinski definition) is 7. The topological polar surface area (TPSA) is 120 Å². The van der Waals surface area contributed by atoms with Crippen LogP contribution in [0.15, 0.2) is 46.5 Å². The molecule has 0 saturated carbocycles. The zero-order chi connectivity index (χ0) is 17.8. The molecule has 0 amide bonds. The van der Waals surface area contributed by atoms with Crippen LogP contribution in [-0.4, -0.2) is 32.6 Å². The van der Waals surface area contributed by atoms with E-state index in [9.17, 15) is 0 Å². The summed E-state index contributed by atoms with van der Waals surface area (Å²) >= 11 is 3.46. The smallest absolute Gasteiger partial charge is 0.169 e. The van der Waals surface area contributed by atoms with Crippen molar-refractivity contribution in [3.8, 4) is 0 Å². The van der Waals surface area contributed by atoms with E-state index >= 15 is 0 Å². The van der Waals surface area contributed by atoms with Crippen LogP contribution >= 0.6 is 15.9 Å². The first kappa shape index (κ1) is 16.9. The highest BCUT2D eigenvalue weighted by Crippen LogP contribution is 2.18. The van der Waals surface area contributed by atoms with Crippen LogP contribution < -0.4 is 16.8 Å². The Kier molecular flexibility index (Phi) is 4.94. The van der Waals surface area contributed by atoms with Crippen LogP contribution in [0, 0.1) is 0 Å². The predicted octanol–water partition coefficient (Wildman–Crippen LogP) is 2.08. The highest BCUT2D eigenvalue weighted by Gasteiger charge is 2.08. The third kappa shape index (κ3) is 3.61. The normalized spacial score (nSPS) is 12.2. The van der Waals surface area contributed by atoms with Gasteiger partial charge in [0.05, 0.1) is 18.1 Å². The van der Waals surface area contributed by atoms with E-state index in [2.05, 4.69) is 41.2 Å². The summed E-state index contributed by atoms with van der Waals surface area (Å²) < 4.78 is 2.84. The monoisotopic (exact) mass is 400 g/mol. The molecule has 5 N–H and O–H groups in total. The van der Waals surface area contributed by atoms with Gasteiger partial charge < -0.3 is 16.8 Å². The standard InChI is InChI=1S/C16H17BrN8/c1-20-6-11(4-18)12-7-22-15(19)16(24-12)23-5-10-2-3-14-21-8-13(17)25(14)9-10/h2-4,6-9H,5,18H2,1H3,(H2,19,22)(H,23,24). The number of imidazole rings is 1. The molecule has 3 aromatic rings. The van der Waals surface area contributed by atoms with E-state index in [0.29, 0.717) is 29.4 Å². The molecule has 0 aliphatic heterocycles. The quantitative estimate of drug-likeness (QED) is 0.563. The molecule has 0 bridgehead atoms. The molecule has 0 saturated heterocycles. The SMILES string of the molecule is CN=CC(=CN)c1cnc(N)c(NCc2ccc3ncc(Br)n3c2)n1. The summed E-state index contributed by atoms with van der Waals surface area (Å²) in [6.07, 6.45) is 8.36. The molecule has 3 aromatic heterocycles. The lowest BCUT2D eigenvalue weighted by Gasteiger charge is -2.10. The lowest BCUT2D eigenvalue weighted by Crippen LogP contribution is -2.08. The Morgan fingerprint density at radius 1 is 1.36 bits per heavy atom. The first-order valence-corrected chi connectivity index (χ1v) is 8.24. The summed E-state index contributed by atoms with van der Waals surface area (Å²) in [5, 5.41) is 3.21. The molecule has 0 aliphatic rings. The molecule has 0 spiro atoms. The van der Waals surface area contributed by atoms with Crippen molar-refractivity contribution in [2.75, 3.05) is 18.1 Å². The van der Waals surface area contributed by atoms with Crippen LogP contribution in [0.4, 0.5) is 11.6 Å². The van der Waals surface area contributed by atoms with Gasteiger partial charge in [-0.2, -0.15) is 0 Å². The summed E-state index contributed by atoms with van der Waals surface area (Å²) in [6, 6.07) is 3.93. The Morgan fingerprint density at radius 3 is 2.96 bits per heavy atom. The number of hydrogen-bond donors (Lipinski definition) is 3. The van der Waals surface area contributed by atoms with E-state index in [-0.39, 0.29) is 0 Å². The molecule has 0 aliphatic carbocycles. The molecule has 0 radical (unpaired) electrons. The molecule has 8 nitrogen and oxygen atoms in total. The highest BCUT2D eigenvalue weighted by molar-refractivity contribution is 9.10. The Morgan fingerprint density at radius 2 is 2.20 bits per heavy atom. The van der Waals surface area contributed by atoms with Crippen LogP contribution in [0.3, 0.4) is 0 Å². The van der Waals surface area contributed by atoms with Gasteiger partial charge in [-0.15, -0.1) is 0 Å². The number of aliphatic imine (C=N–C) groups is 1. The Labute approximate surface area is 152 Å². The van der Waals surface area contributed by atoms with Crippen molar-refractivity contribution >= 4 is 45.0 Å². The van der Waals surface area contributed by atoms with Crippen LogP contribution in [-0.2, 0) is 6.54 Å². The number of nitrogens with one attached hydrogen (secondary N) is 1. The fourth-order valence-corrected chi connectivity index (χ4v) is 2.67. The maximum Gasteiger partial charge on any atom is 0.169 e. The van der Waals surface area contributed by atoms with Gasteiger partial charge in [-0.3, -0.25) is 9.39 Å². The van der Waals surface area contributed by atoms with Crippen LogP contribution in [0.1, 0.15) is 11.3 Å². The summed E-state index contributed by atoms with van der Waals surface area (Å²) in [6.45, 7) is 0.534. The number of halogens is 1. The number of aromatic nitrogens is 4. The second kappa shape index (κ2) is 7.31. The minimum atomic E-state index is 0.318. The molecule has 0 aromatic carbocycles. The van der Waals surface area contributed by atoms with Gasteiger partial charge in [0.15, 0.2) is 11.6 Å². The number of allylic oxidation sites excluding steroid dienone is 1. The van der Waals surface area contributed by atoms with Crippen molar-refractivity contribution in [3.63, 3.8) is 0 Å². The van der Waals surface area contributed by atoms with E-state index in [1.165, 1.54) is 6.20 Å². The lowest BCUT2D eigenvalue weighted by molar-refractivity contribution is 1.04. The fourth-order valence-electron chi connectivity index (χ4n) is 2.29. The maximum atomic E-state index is 5.92. The Hall–Kier alpha value is -2.94. The van der Waals surface area contributed by atoms with Crippen molar-refractivity contribution in [3.05, 3.63) is 52.8 Å². The summed E-state index contributed by atoms with van der Waals surface area (Å²) in [4.78, 5) is 16.9. The third-order valence-electron chi connectivity index (χ3n) is 3.53. The number of anilines is 2. The molecular formula is C16H17BrN8. The molecule has 9 heteroatoms. The van der Waals surface area contributed by atoms with E-state index in [0.717, 1.165) is 15.8 Å². The van der Waals surface area contributed by atoms with Crippen molar-refractivity contribution in [1.82, 2.24) is 19.4 Å². The molecule has 25 heavy (non-hydrogen) atoms. The molecule has 3 heterocycles. The number of nitrogens with zero attached hydrogens (tertiary/aromatic N) is 5. The first-order valence-electron chi connectivity index (χ1n) is 7.44. The van der Waals surface area contributed by atoms with Crippen molar-refractivity contribution in [1.29, 1.82) is 0 Å². The largest absolute Gasteiger partial charge is 0.404 e. The number of nitrogen functional groups attached to an aromatic ring is 1. The zero-order valence-corrected chi connectivity index (χ0v) is 15.1. The van der Waals surface area contributed by atoms with E-state index in [1.807, 2.05) is 22.7 Å². The van der Waals surface area contributed by atoms with E-state index in [1.54, 1.807) is 25.7 Å². The molecule has 0 atom stereocenters. The van der Waals surface area contributed by atoms with Crippen molar-refractivity contribution < 1.29 is 0 Å². The number of pyridine rings is 1. The second-order valence-corrected chi connectivity index (χ2v) is 6.01. The summed E-state index contributed by atoms with van der Waals surface area (Å²) in [5.41, 5.74) is 14.7. The third-order valence-corrected chi connectivity index (χ3v) is 4.11. The predicted molar refractivity (Wildman–Crippen MR) is 103 cm³/mol. The van der Waals surface area contributed by atoms with Gasteiger partial charge >= 0.3 is 0 Å². The Bertz CT molecular complexity index is 960. The van der Waals surface area contributed by atoms with E-state index < -0.39 is 0 Å². The van der Waals surface area contributed by atoms with Gasteiger partial charge in [0.25, 0.3) is 0 Å². The zero-order valence-electron chi connectivity index (χ0n) is 13.5. The van der Waals surface area contributed by atoms with Gasteiger partial charge in [-0.1, -0.05) is 6.07 Å². The van der Waals surface area contributed by atoms with Crippen LogP contribution in [0.2, 0.25) is 0 Å². The van der Waals surface area contributed by atoms with E-state index in [4.69, 9.17) is 11.5 Å². The van der Waals surface area contributed by atoms with Gasteiger partial charge in [-0.05, 0) is 27.6 Å². The fraction of sp³-hybridized carbons (Fsp3) is 0.125. The summed E-state index contributed by atoms with van der Waals surface area (Å²) in [7, 11) is 1.66. The molecule has 128 valence electrons. The number of rotatable bonds is 5. The van der Waals surface area contributed by atoms with Gasteiger partial charge in [0, 0.05) is 37.8 Å². The minimum absolute atomic E-state index is 0.318. The van der Waals surface area contributed by atoms with Gasteiger partial charge in [0.1, 0.15) is 10.3 Å². The highest BCUT2D eigenvalue weighted by atomic mass is 79.9. The minimum Gasteiger partial charge on any atom is -0.404 e. The number of fused-ring (bicyclic) bond motifs is 1. The maximum absolute atomic E-state index is 5.92. The van der Waals surface area contributed by atoms with Crippen molar-refractivity contribution in [2.24, 2.45) is 10.7 Å². The first-order chi connectivity index (χ1) is 12.1. The molecule has 0 unspecified atom stereocenters. The number of nitrogens with two attached hydrogens (primary N) is 2. The molecular weight excluding hydrogens is 384 g/mol. The summed E-state index contributed by atoms with van der Waals surface area (Å²) in [5.74, 6) is 0.810. The lowest BCUT2D eigenvalue weighted by atomic mass is 10.2. The average molecular weight is 401 g/mol. The van der Waals surface area contributed by atoms with Gasteiger partial charge in [0.2, 0.25) is 0 Å². The average Bonchev–Trinajstić information content (AvgIpc) is 3.00. The second-order valence-electron chi connectivity index (χ2n) is 5.20.